The first-order valence-corrected chi connectivity index (χ1v) is 13.8. The molecule has 0 unspecified atom stereocenters. The van der Waals surface area contributed by atoms with Crippen LogP contribution in [0, 0.1) is 18.8 Å². The van der Waals surface area contributed by atoms with Crippen molar-refractivity contribution in [3.63, 3.8) is 0 Å². The van der Waals surface area contributed by atoms with Crippen molar-refractivity contribution in [2.24, 2.45) is 10.7 Å². The molecule has 0 aliphatic rings. The first-order valence-electron chi connectivity index (χ1n) is 13.8. The van der Waals surface area contributed by atoms with Gasteiger partial charge < -0.3 is 15.2 Å². The van der Waals surface area contributed by atoms with E-state index in [1.807, 2.05) is 65.0 Å². The largest absolute Gasteiger partial charge is 0.496 e. The van der Waals surface area contributed by atoms with E-state index in [1.54, 1.807) is 38.5 Å². The Bertz CT molecular complexity index is 1320. The third-order valence-corrected chi connectivity index (χ3v) is 5.65. The lowest BCUT2D eigenvalue weighted by atomic mass is 9.96. The van der Waals surface area contributed by atoms with Crippen LogP contribution < -0.4 is 15.2 Å². The van der Waals surface area contributed by atoms with Gasteiger partial charge in [-0.2, -0.15) is 0 Å². The fraction of sp³-hybridized carbons (Fsp3) is 0.343. The summed E-state index contributed by atoms with van der Waals surface area (Å²) in [6, 6.07) is 11.1. The van der Waals surface area contributed by atoms with Crippen LogP contribution >= 0.6 is 0 Å². The zero-order valence-electron chi connectivity index (χ0n) is 26.3. The molecule has 0 aliphatic heterocycles. The molecule has 0 aliphatic carbocycles. The molecule has 0 radical (unpaired) electrons. The number of carbonyl (C=O) groups is 2. The maximum Gasteiger partial charge on any atom is 0.199 e. The predicted octanol–water partition coefficient (Wildman–Crippen LogP) is 7.67. The number of benzene rings is 2. The van der Waals surface area contributed by atoms with Crippen LogP contribution in [0.25, 0.3) is 0 Å². The normalized spacial score (nSPS) is 11.2. The van der Waals surface area contributed by atoms with Crippen molar-refractivity contribution in [2.45, 2.75) is 60.8 Å². The first-order chi connectivity index (χ1) is 19.7. The molecule has 0 fully saturated rings. The second kappa shape index (κ2) is 20.5. The van der Waals surface area contributed by atoms with E-state index in [2.05, 4.69) is 30.7 Å². The molecular formula is C35H46N2O4. The van der Waals surface area contributed by atoms with Gasteiger partial charge in [-0.15, -0.1) is 0 Å². The van der Waals surface area contributed by atoms with Crippen molar-refractivity contribution in [1.29, 1.82) is 0 Å². The molecule has 0 bridgehead atoms. The third kappa shape index (κ3) is 11.7. The SMILES string of the molecule is C/C=C(\C=C/C#CCC)C(=O)c1ccc(C(C)C)cc1OC.CC.CN=C/C(=C\N)C(=O)c1ccc(C)cc1OC. The van der Waals surface area contributed by atoms with Gasteiger partial charge in [0.15, 0.2) is 11.6 Å². The van der Waals surface area contributed by atoms with E-state index in [4.69, 9.17) is 15.2 Å². The quantitative estimate of drug-likeness (QED) is 0.112. The topological polar surface area (TPSA) is 91.0 Å². The zero-order valence-corrected chi connectivity index (χ0v) is 26.3. The Labute approximate surface area is 247 Å². The number of rotatable bonds is 9. The fourth-order valence-electron chi connectivity index (χ4n) is 3.46. The van der Waals surface area contributed by atoms with Crippen LogP contribution in [0.4, 0.5) is 0 Å². The Hall–Kier alpha value is -4.37. The van der Waals surface area contributed by atoms with Gasteiger partial charge in [-0.05, 0) is 67.3 Å². The summed E-state index contributed by atoms with van der Waals surface area (Å²) < 4.78 is 10.6. The fourth-order valence-corrected chi connectivity index (χ4v) is 3.46. The molecule has 41 heavy (non-hydrogen) atoms. The Morgan fingerprint density at radius 2 is 1.54 bits per heavy atom. The van der Waals surface area contributed by atoms with Crippen molar-refractivity contribution < 1.29 is 19.1 Å². The molecule has 6 heteroatoms. The summed E-state index contributed by atoms with van der Waals surface area (Å²) in [4.78, 5) is 28.6. The highest BCUT2D eigenvalue weighted by Gasteiger charge is 2.16. The van der Waals surface area contributed by atoms with Crippen molar-refractivity contribution in [3.8, 4) is 23.3 Å². The number of hydrogen-bond donors (Lipinski definition) is 1. The molecule has 0 aromatic heterocycles. The average molecular weight is 559 g/mol. The van der Waals surface area contributed by atoms with Crippen LogP contribution in [-0.4, -0.2) is 39.0 Å². The van der Waals surface area contributed by atoms with Gasteiger partial charge in [-0.1, -0.05) is 64.7 Å². The predicted molar refractivity (Wildman–Crippen MR) is 172 cm³/mol. The summed E-state index contributed by atoms with van der Waals surface area (Å²) in [7, 11) is 4.71. The molecule has 2 aromatic rings. The van der Waals surface area contributed by atoms with Crippen LogP contribution in [-0.2, 0) is 0 Å². The number of ether oxygens (including phenoxy) is 2. The lowest BCUT2D eigenvalue weighted by Gasteiger charge is -2.12. The lowest BCUT2D eigenvalue weighted by molar-refractivity contribution is 0.102. The van der Waals surface area contributed by atoms with Crippen LogP contribution in [0.2, 0.25) is 0 Å². The number of allylic oxidation sites excluding steroid dienone is 5. The molecule has 2 rings (SSSR count). The molecule has 220 valence electrons. The van der Waals surface area contributed by atoms with Crippen molar-refractivity contribution in [2.75, 3.05) is 21.3 Å². The monoisotopic (exact) mass is 558 g/mol. The molecule has 0 amide bonds. The molecule has 0 atom stereocenters. The van der Waals surface area contributed by atoms with Crippen molar-refractivity contribution in [3.05, 3.63) is 94.2 Å². The maximum atomic E-state index is 12.7. The standard InChI is InChI=1S/C20H24O2.C13H16N2O2.C2H6/c1-6-8-9-10-11-16(7-2)20(21)18-13-12-17(15(3)4)14-19(18)22-5;1-9-4-5-11(12(6-9)17-3)13(16)10(7-14)8-15-2;1-2/h7,10-15H,6H2,1-5H3;4-8H,14H2,1-3H3;1-2H3/b11-10-,16-7+;10-7+,15-8?;. The highest BCUT2D eigenvalue weighted by atomic mass is 16.5. The van der Waals surface area contributed by atoms with E-state index in [9.17, 15) is 9.59 Å². The average Bonchev–Trinajstić information content (AvgIpc) is 3.00. The number of aliphatic imine (C=N–C) groups is 1. The van der Waals surface area contributed by atoms with E-state index in [1.165, 1.54) is 19.5 Å². The lowest BCUT2D eigenvalue weighted by Crippen LogP contribution is -2.08. The summed E-state index contributed by atoms with van der Waals surface area (Å²) in [6.07, 6.45) is 8.74. The summed E-state index contributed by atoms with van der Waals surface area (Å²) >= 11 is 0. The highest BCUT2D eigenvalue weighted by Crippen LogP contribution is 2.27. The zero-order chi connectivity index (χ0) is 31.4. The number of Topliss-reactive ketones (excluding diaryl/α,β-unsaturated/α-hetero) is 2. The Morgan fingerprint density at radius 3 is 2.02 bits per heavy atom. The van der Waals surface area contributed by atoms with Gasteiger partial charge >= 0.3 is 0 Å². The molecule has 0 spiro atoms. The Morgan fingerprint density at radius 1 is 0.976 bits per heavy atom. The van der Waals surface area contributed by atoms with Gasteiger partial charge in [0, 0.05) is 31.5 Å². The summed E-state index contributed by atoms with van der Waals surface area (Å²) in [5.74, 6) is 7.15. The van der Waals surface area contributed by atoms with Gasteiger partial charge in [0.25, 0.3) is 0 Å². The number of hydrogen-bond acceptors (Lipinski definition) is 6. The van der Waals surface area contributed by atoms with Gasteiger partial charge in [-0.25, -0.2) is 0 Å². The maximum absolute atomic E-state index is 12.7. The number of carbonyl (C=O) groups excluding carboxylic acids is 2. The summed E-state index contributed by atoms with van der Waals surface area (Å²) in [6.45, 7) is 14.0. The van der Waals surface area contributed by atoms with Crippen molar-refractivity contribution >= 4 is 17.8 Å². The molecule has 0 heterocycles. The Kier molecular flexibility index (Phi) is 18.3. The molecule has 2 N–H and O–H groups in total. The Balaban J connectivity index is 0.000000757. The minimum atomic E-state index is -0.199. The van der Waals surface area contributed by atoms with E-state index in [0.29, 0.717) is 39.7 Å². The second-order valence-electron chi connectivity index (χ2n) is 8.74. The van der Waals surface area contributed by atoms with Gasteiger partial charge in [0.2, 0.25) is 0 Å². The number of nitrogens with zero attached hydrogens (tertiary/aromatic N) is 1. The molecule has 0 saturated heterocycles. The smallest absolute Gasteiger partial charge is 0.199 e. The minimum absolute atomic E-state index is 0.0517. The number of nitrogens with two attached hydrogens (primary N) is 1. The van der Waals surface area contributed by atoms with E-state index in [-0.39, 0.29) is 11.6 Å². The highest BCUT2D eigenvalue weighted by molar-refractivity contribution is 6.22. The third-order valence-electron chi connectivity index (χ3n) is 5.65. The van der Waals surface area contributed by atoms with Crippen LogP contribution in [0.5, 0.6) is 11.5 Å². The van der Waals surface area contributed by atoms with Crippen LogP contribution in [0.3, 0.4) is 0 Å². The van der Waals surface area contributed by atoms with Crippen LogP contribution in [0.1, 0.15) is 85.7 Å². The van der Waals surface area contributed by atoms with E-state index < -0.39 is 0 Å². The van der Waals surface area contributed by atoms with E-state index >= 15 is 0 Å². The van der Waals surface area contributed by atoms with Crippen LogP contribution in [0.15, 0.2) is 77.0 Å². The molecule has 0 saturated carbocycles. The number of ketones is 2. The molecule has 6 nitrogen and oxygen atoms in total. The van der Waals surface area contributed by atoms with E-state index in [0.717, 1.165) is 17.5 Å². The first kappa shape index (κ1) is 36.6. The molecule has 2 aromatic carbocycles. The van der Waals surface area contributed by atoms with Gasteiger partial charge in [0.05, 0.1) is 30.9 Å². The van der Waals surface area contributed by atoms with Gasteiger partial charge in [0.1, 0.15) is 11.5 Å². The second-order valence-corrected chi connectivity index (χ2v) is 8.74. The van der Waals surface area contributed by atoms with Crippen molar-refractivity contribution in [1.82, 2.24) is 0 Å². The number of aryl methyl sites for hydroxylation is 1. The minimum Gasteiger partial charge on any atom is -0.496 e. The number of methoxy groups -OCH3 is 2. The van der Waals surface area contributed by atoms with Gasteiger partial charge in [-0.3, -0.25) is 14.6 Å². The summed E-state index contributed by atoms with van der Waals surface area (Å²) in [5, 5.41) is 0. The molecular weight excluding hydrogens is 512 g/mol. The summed E-state index contributed by atoms with van der Waals surface area (Å²) in [5.41, 5.74) is 9.60.